The number of fused-ring (bicyclic) bond motifs is 1. The molecular weight excluding hydrogens is 391 g/mol. The maximum atomic E-state index is 12.3. The first kappa shape index (κ1) is 20.6. The summed E-state index contributed by atoms with van der Waals surface area (Å²) in [6.45, 7) is -0.461. The lowest BCUT2D eigenvalue weighted by atomic mass is 10.1. The summed E-state index contributed by atoms with van der Waals surface area (Å²) >= 11 is 0. The van der Waals surface area contributed by atoms with E-state index >= 15 is 0 Å². The third-order valence-electron chi connectivity index (χ3n) is 4.09. The molecule has 6 nitrogen and oxygen atoms in total. The summed E-state index contributed by atoms with van der Waals surface area (Å²) in [6, 6.07) is 9.71. The van der Waals surface area contributed by atoms with Gasteiger partial charge in [0.1, 0.15) is 13.2 Å². The highest BCUT2D eigenvalue weighted by Gasteiger charge is 2.29. The Kier molecular flexibility index (Phi) is 6.36. The van der Waals surface area contributed by atoms with Crippen molar-refractivity contribution < 1.29 is 36.9 Å². The molecule has 1 aliphatic heterocycles. The van der Waals surface area contributed by atoms with E-state index in [-0.39, 0.29) is 23.8 Å². The molecule has 0 fully saturated rings. The van der Waals surface area contributed by atoms with Crippen LogP contribution < -0.4 is 24.3 Å². The van der Waals surface area contributed by atoms with Crippen molar-refractivity contribution in [1.29, 1.82) is 0 Å². The number of carbonyl (C=O) groups excluding carboxylic acids is 1. The van der Waals surface area contributed by atoms with Gasteiger partial charge in [-0.2, -0.15) is 13.2 Å². The van der Waals surface area contributed by atoms with Crippen LogP contribution in [-0.4, -0.2) is 39.0 Å². The van der Waals surface area contributed by atoms with Gasteiger partial charge in [-0.15, -0.1) is 0 Å². The van der Waals surface area contributed by atoms with E-state index in [1.165, 1.54) is 13.2 Å². The van der Waals surface area contributed by atoms with Crippen molar-refractivity contribution in [2.75, 3.05) is 32.2 Å². The van der Waals surface area contributed by atoms with Crippen molar-refractivity contribution in [2.45, 2.75) is 19.0 Å². The van der Waals surface area contributed by atoms with Gasteiger partial charge in [-0.25, -0.2) is 0 Å². The van der Waals surface area contributed by atoms with Crippen LogP contribution in [0.25, 0.3) is 0 Å². The van der Waals surface area contributed by atoms with E-state index in [9.17, 15) is 18.0 Å². The highest BCUT2D eigenvalue weighted by Crippen LogP contribution is 2.33. The molecule has 3 rings (SSSR count). The molecule has 2 aromatic carbocycles. The zero-order chi connectivity index (χ0) is 20.9. The number of benzene rings is 2. The van der Waals surface area contributed by atoms with Crippen LogP contribution in [0.5, 0.6) is 23.0 Å². The van der Waals surface area contributed by atoms with Gasteiger partial charge in [0.2, 0.25) is 5.91 Å². The molecule has 156 valence electrons. The first-order valence-electron chi connectivity index (χ1n) is 8.90. The van der Waals surface area contributed by atoms with Gasteiger partial charge in [0.05, 0.1) is 7.11 Å². The number of hydrogen-bond acceptors (Lipinski definition) is 5. The molecule has 0 aromatic heterocycles. The van der Waals surface area contributed by atoms with E-state index in [2.05, 4.69) is 5.32 Å². The molecule has 0 radical (unpaired) electrons. The number of methoxy groups -OCH3 is 1. The second kappa shape index (κ2) is 8.93. The lowest BCUT2D eigenvalue weighted by molar-refractivity contribution is -0.153. The normalized spacial score (nSPS) is 13.0. The topological polar surface area (TPSA) is 66.0 Å². The maximum Gasteiger partial charge on any atom is 0.422 e. The minimum Gasteiger partial charge on any atom is -0.493 e. The van der Waals surface area contributed by atoms with Crippen LogP contribution in [0.15, 0.2) is 36.4 Å². The summed E-state index contributed by atoms with van der Waals surface area (Å²) < 4.78 is 57.7. The van der Waals surface area contributed by atoms with E-state index in [1.807, 2.05) is 0 Å². The van der Waals surface area contributed by atoms with E-state index < -0.39 is 12.8 Å². The number of hydrogen-bond donors (Lipinski definition) is 1. The number of aryl methyl sites for hydroxylation is 1. The highest BCUT2D eigenvalue weighted by atomic mass is 19.4. The van der Waals surface area contributed by atoms with Crippen LogP contribution in [-0.2, 0) is 11.2 Å². The zero-order valence-corrected chi connectivity index (χ0v) is 15.7. The summed E-state index contributed by atoms with van der Waals surface area (Å²) in [6.07, 6.45) is -3.87. The van der Waals surface area contributed by atoms with Crippen molar-refractivity contribution >= 4 is 11.6 Å². The fraction of sp³-hybridized carbons (Fsp3) is 0.350. The Morgan fingerprint density at radius 3 is 2.55 bits per heavy atom. The van der Waals surface area contributed by atoms with Gasteiger partial charge in [-0.1, -0.05) is 6.07 Å². The molecule has 0 atom stereocenters. The Morgan fingerprint density at radius 1 is 1.07 bits per heavy atom. The average Bonchev–Trinajstić information content (AvgIpc) is 2.70. The molecule has 0 saturated carbocycles. The molecule has 29 heavy (non-hydrogen) atoms. The quantitative estimate of drug-likeness (QED) is 0.747. The standard InChI is InChI=1S/C20H20F3NO5/c1-26-17-10-13(2-5-15(17)29-12-20(21,22)23)3-7-19(25)24-14-4-6-16-18(11-14)28-9-8-27-16/h2,4-6,10-11H,3,7-9,12H2,1H3,(H,24,25). The van der Waals surface area contributed by atoms with Crippen molar-refractivity contribution in [3.8, 4) is 23.0 Å². The summed E-state index contributed by atoms with van der Waals surface area (Å²) in [5.74, 6) is 1.17. The minimum absolute atomic E-state index is 0.00527. The molecule has 1 amide bonds. The Hall–Kier alpha value is -3.10. The molecule has 1 N–H and O–H groups in total. The Morgan fingerprint density at radius 2 is 1.83 bits per heavy atom. The number of ether oxygens (including phenoxy) is 4. The van der Waals surface area contributed by atoms with E-state index in [0.29, 0.717) is 36.8 Å². The molecule has 1 aliphatic rings. The van der Waals surface area contributed by atoms with E-state index in [1.54, 1.807) is 30.3 Å². The number of amides is 1. The smallest absolute Gasteiger partial charge is 0.422 e. The van der Waals surface area contributed by atoms with Crippen molar-refractivity contribution in [1.82, 2.24) is 0 Å². The third-order valence-corrected chi connectivity index (χ3v) is 4.09. The highest BCUT2D eigenvalue weighted by molar-refractivity contribution is 5.91. The van der Waals surface area contributed by atoms with Crippen LogP contribution in [0.4, 0.5) is 18.9 Å². The van der Waals surface area contributed by atoms with Crippen molar-refractivity contribution in [3.05, 3.63) is 42.0 Å². The Bertz CT molecular complexity index is 870. The monoisotopic (exact) mass is 411 g/mol. The summed E-state index contributed by atoms with van der Waals surface area (Å²) in [4.78, 5) is 12.2. The molecule has 0 saturated heterocycles. The van der Waals surface area contributed by atoms with Crippen LogP contribution in [0, 0.1) is 0 Å². The van der Waals surface area contributed by atoms with Crippen LogP contribution in [0.3, 0.4) is 0 Å². The fourth-order valence-electron chi connectivity index (χ4n) is 2.75. The molecule has 1 heterocycles. The van der Waals surface area contributed by atoms with Gasteiger partial charge in [0, 0.05) is 18.2 Å². The molecular formula is C20H20F3NO5. The Labute approximate surface area is 165 Å². The molecule has 9 heteroatoms. The molecule has 0 aliphatic carbocycles. The average molecular weight is 411 g/mol. The van der Waals surface area contributed by atoms with Crippen LogP contribution in [0.2, 0.25) is 0 Å². The van der Waals surface area contributed by atoms with Gasteiger partial charge in [0.15, 0.2) is 29.6 Å². The molecule has 0 spiro atoms. The largest absolute Gasteiger partial charge is 0.493 e. The lowest BCUT2D eigenvalue weighted by Crippen LogP contribution is -2.19. The predicted molar refractivity (Wildman–Crippen MR) is 98.9 cm³/mol. The Balaban J connectivity index is 1.55. The van der Waals surface area contributed by atoms with Gasteiger partial charge in [-0.3, -0.25) is 4.79 Å². The van der Waals surface area contributed by atoms with Crippen molar-refractivity contribution in [2.24, 2.45) is 0 Å². The molecule has 0 bridgehead atoms. The van der Waals surface area contributed by atoms with E-state index in [0.717, 1.165) is 5.56 Å². The first-order chi connectivity index (χ1) is 13.8. The molecule has 2 aromatic rings. The second-order valence-electron chi connectivity index (χ2n) is 6.30. The van der Waals surface area contributed by atoms with Crippen molar-refractivity contribution in [3.63, 3.8) is 0 Å². The number of anilines is 1. The summed E-state index contributed by atoms with van der Waals surface area (Å²) in [5.41, 5.74) is 1.33. The van der Waals surface area contributed by atoms with E-state index in [4.69, 9.17) is 18.9 Å². The summed E-state index contributed by atoms with van der Waals surface area (Å²) in [7, 11) is 1.34. The number of carbonyl (C=O) groups is 1. The van der Waals surface area contributed by atoms with Crippen LogP contribution in [0.1, 0.15) is 12.0 Å². The zero-order valence-electron chi connectivity index (χ0n) is 15.7. The maximum absolute atomic E-state index is 12.3. The minimum atomic E-state index is -4.43. The second-order valence-corrected chi connectivity index (χ2v) is 6.30. The third kappa shape index (κ3) is 5.94. The summed E-state index contributed by atoms with van der Waals surface area (Å²) in [5, 5.41) is 2.78. The SMILES string of the molecule is COc1cc(CCC(=O)Nc2ccc3c(c2)OCCO3)ccc1OCC(F)(F)F. The number of halogens is 3. The van der Waals surface area contributed by atoms with Gasteiger partial charge in [-0.05, 0) is 36.2 Å². The first-order valence-corrected chi connectivity index (χ1v) is 8.90. The lowest BCUT2D eigenvalue weighted by Gasteiger charge is -2.19. The number of rotatable bonds is 7. The van der Waals surface area contributed by atoms with Gasteiger partial charge >= 0.3 is 6.18 Å². The number of nitrogens with one attached hydrogen (secondary N) is 1. The van der Waals surface area contributed by atoms with Gasteiger partial charge in [0.25, 0.3) is 0 Å². The van der Waals surface area contributed by atoms with Crippen LogP contribution >= 0.6 is 0 Å². The van der Waals surface area contributed by atoms with Gasteiger partial charge < -0.3 is 24.3 Å². The fourth-order valence-corrected chi connectivity index (χ4v) is 2.75. The predicted octanol–water partition coefficient (Wildman–Crippen LogP) is 3.98. The number of alkyl halides is 3. The molecule has 0 unspecified atom stereocenters.